The molecule has 2 heterocycles. The van der Waals surface area contributed by atoms with E-state index in [1.54, 1.807) is 6.92 Å². The fourth-order valence-corrected chi connectivity index (χ4v) is 4.59. The number of carbonyl (C=O) groups excluding carboxylic acids is 3. The highest BCUT2D eigenvalue weighted by atomic mass is 32.2. The summed E-state index contributed by atoms with van der Waals surface area (Å²) in [6.45, 7) is 7.63. The molecule has 0 unspecified atom stereocenters. The van der Waals surface area contributed by atoms with Crippen molar-refractivity contribution in [2.24, 2.45) is 5.73 Å². The molecular weight excluding hydrogens is 402 g/mol. The van der Waals surface area contributed by atoms with Gasteiger partial charge in [-0.2, -0.15) is 0 Å². The molecule has 0 atom stereocenters. The first-order chi connectivity index (χ1) is 13.2. The molecule has 0 radical (unpaired) electrons. The maximum Gasteiger partial charge on any atom is 0.341 e. The minimum Gasteiger partial charge on any atom is -0.465 e. The molecule has 0 saturated carbocycles. The smallest absolute Gasteiger partial charge is 0.341 e. The molecule has 0 aromatic carbocycles. The summed E-state index contributed by atoms with van der Waals surface area (Å²) in [4.78, 5) is 36.3. The Balaban J connectivity index is 2.18. The van der Waals surface area contributed by atoms with E-state index in [1.807, 2.05) is 25.3 Å². The zero-order valence-electron chi connectivity index (χ0n) is 16.4. The van der Waals surface area contributed by atoms with Crippen molar-refractivity contribution in [3.8, 4) is 0 Å². The Morgan fingerprint density at radius 3 is 2.54 bits per heavy atom. The van der Waals surface area contributed by atoms with Crippen LogP contribution < -0.4 is 11.1 Å². The van der Waals surface area contributed by atoms with Crippen LogP contribution in [0.5, 0.6) is 0 Å². The van der Waals surface area contributed by atoms with Gasteiger partial charge >= 0.3 is 5.97 Å². The molecule has 0 aliphatic carbocycles. The van der Waals surface area contributed by atoms with Crippen molar-refractivity contribution in [2.45, 2.75) is 45.3 Å². The summed E-state index contributed by atoms with van der Waals surface area (Å²) in [5.74, 6) is -0.733. The van der Waals surface area contributed by atoms with Crippen molar-refractivity contribution >= 4 is 45.9 Å². The van der Waals surface area contributed by atoms with Crippen molar-refractivity contribution < 1.29 is 19.1 Å². The van der Waals surface area contributed by atoms with E-state index < -0.39 is 11.9 Å². The number of hydrogen-bond donors (Lipinski definition) is 2. The quantitative estimate of drug-likeness (QED) is 0.491. The minimum atomic E-state index is -0.667. The molecule has 0 aliphatic rings. The molecule has 28 heavy (non-hydrogen) atoms. The molecule has 0 spiro atoms. The largest absolute Gasteiger partial charge is 0.465 e. The number of nitrogens with one attached hydrogen (secondary N) is 1. The van der Waals surface area contributed by atoms with Crippen LogP contribution in [0.4, 0.5) is 5.00 Å². The number of esters is 1. The first kappa shape index (κ1) is 21.9. The molecule has 11 heteroatoms. The van der Waals surface area contributed by atoms with Crippen molar-refractivity contribution in [3.63, 3.8) is 0 Å². The number of methoxy groups -OCH3 is 1. The van der Waals surface area contributed by atoms with E-state index in [1.165, 1.54) is 18.9 Å². The van der Waals surface area contributed by atoms with Gasteiger partial charge < -0.3 is 20.4 Å². The van der Waals surface area contributed by atoms with Gasteiger partial charge in [-0.15, -0.1) is 21.5 Å². The normalized spacial score (nSPS) is 10.9. The molecule has 2 aromatic heterocycles. The third-order valence-corrected chi connectivity index (χ3v) is 6.08. The maximum atomic E-state index is 12.4. The molecule has 2 amide bonds. The second-order valence-electron chi connectivity index (χ2n) is 6.17. The van der Waals surface area contributed by atoms with Gasteiger partial charge in [0.15, 0.2) is 5.16 Å². The molecule has 9 nitrogen and oxygen atoms in total. The summed E-state index contributed by atoms with van der Waals surface area (Å²) in [5, 5.41) is 11.9. The van der Waals surface area contributed by atoms with E-state index >= 15 is 0 Å². The van der Waals surface area contributed by atoms with Gasteiger partial charge in [-0.25, -0.2) is 4.79 Å². The minimum absolute atomic E-state index is 0.0675. The summed E-state index contributed by atoms with van der Waals surface area (Å²) in [5.41, 5.74) is 5.87. The number of nitrogens with two attached hydrogens (primary N) is 1. The van der Waals surface area contributed by atoms with Crippen LogP contribution in [0.3, 0.4) is 0 Å². The highest BCUT2D eigenvalue weighted by Gasteiger charge is 2.25. The molecule has 3 N–H and O–H groups in total. The monoisotopic (exact) mass is 425 g/mol. The summed E-state index contributed by atoms with van der Waals surface area (Å²) in [6.07, 6.45) is 0.741. The lowest BCUT2D eigenvalue weighted by molar-refractivity contribution is -0.113. The van der Waals surface area contributed by atoms with E-state index in [0.29, 0.717) is 10.7 Å². The first-order valence-corrected chi connectivity index (χ1v) is 10.4. The van der Waals surface area contributed by atoms with Gasteiger partial charge in [-0.1, -0.05) is 18.7 Å². The highest BCUT2D eigenvalue weighted by Crippen LogP contribution is 2.33. The molecular formula is C17H23N5O4S2. The van der Waals surface area contributed by atoms with Crippen LogP contribution >= 0.6 is 23.1 Å². The molecule has 0 aliphatic heterocycles. The lowest BCUT2D eigenvalue weighted by Crippen LogP contribution is -2.17. The van der Waals surface area contributed by atoms with Gasteiger partial charge in [0.25, 0.3) is 5.91 Å². The zero-order valence-corrected chi connectivity index (χ0v) is 18.0. The Morgan fingerprint density at radius 1 is 1.32 bits per heavy atom. The fraction of sp³-hybridized carbons (Fsp3) is 0.471. The predicted octanol–water partition coefficient (Wildman–Crippen LogP) is 2.41. The zero-order chi connectivity index (χ0) is 21.0. The third-order valence-electron chi connectivity index (χ3n) is 3.91. The SMILES string of the molecule is CCc1nnc(SCC(=O)Nc2sc(C(N)=O)c(C)c2C(=O)OC)n1C(C)C. The Morgan fingerprint density at radius 2 is 2.00 bits per heavy atom. The van der Waals surface area contributed by atoms with Gasteiger partial charge in [-0.05, 0) is 26.3 Å². The lowest BCUT2D eigenvalue weighted by atomic mass is 10.1. The van der Waals surface area contributed by atoms with Crippen molar-refractivity contribution in [3.05, 3.63) is 21.8 Å². The number of rotatable bonds is 8. The standard InChI is InChI=1S/C17H23N5O4S2/c1-6-10-20-21-17(22(10)8(2)3)27-7-11(23)19-15-12(16(25)26-5)9(4)13(28-15)14(18)24/h8H,6-7H2,1-5H3,(H2,18,24)(H,19,23). The Kier molecular flexibility index (Phi) is 7.19. The number of anilines is 1. The van der Waals surface area contributed by atoms with Gasteiger partial charge in [-0.3, -0.25) is 9.59 Å². The van der Waals surface area contributed by atoms with Crippen LogP contribution in [-0.4, -0.2) is 45.4 Å². The molecule has 0 bridgehead atoms. The molecule has 152 valence electrons. The van der Waals surface area contributed by atoms with Gasteiger partial charge in [0.1, 0.15) is 10.8 Å². The number of thioether (sulfide) groups is 1. The van der Waals surface area contributed by atoms with Crippen LogP contribution in [0, 0.1) is 6.92 Å². The summed E-state index contributed by atoms with van der Waals surface area (Å²) in [7, 11) is 1.23. The van der Waals surface area contributed by atoms with Crippen molar-refractivity contribution in [1.82, 2.24) is 14.8 Å². The van der Waals surface area contributed by atoms with Gasteiger partial charge in [0.2, 0.25) is 5.91 Å². The Hall–Kier alpha value is -2.40. The second kappa shape index (κ2) is 9.20. The number of hydrogen-bond acceptors (Lipinski definition) is 8. The van der Waals surface area contributed by atoms with Crippen LogP contribution in [0.2, 0.25) is 0 Å². The predicted molar refractivity (Wildman–Crippen MR) is 108 cm³/mol. The van der Waals surface area contributed by atoms with E-state index in [0.717, 1.165) is 23.6 Å². The highest BCUT2D eigenvalue weighted by molar-refractivity contribution is 7.99. The van der Waals surface area contributed by atoms with E-state index in [9.17, 15) is 14.4 Å². The number of ether oxygens (including phenoxy) is 1. The number of nitrogens with zero attached hydrogens (tertiary/aromatic N) is 3. The molecule has 2 rings (SSSR count). The van der Waals surface area contributed by atoms with Crippen molar-refractivity contribution in [2.75, 3.05) is 18.2 Å². The number of aromatic nitrogens is 3. The number of primary amides is 1. The number of aryl methyl sites for hydroxylation is 1. The third kappa shape index (κ3) is 4.53. The molecule has 0 saturated heterocycles. The summed E-state index contributed by atoms with van der Waals surface area (Å²) >= 11 is 2.20. The van der Waals surface area contributed by atoms with Gasteiger partial charge in [0, 0.05) is 12.5 Å². The molecule has 0 fully saturated rings. The van der Waals surface area contributed by atoms with E-state index in [4.69, 9.17) is 10.5 Å². The topological polar surface area (TPSA) is 129 Å². The summed E-state index contributed by atoms with van der Waals surface area (Å²) in [6, 6.07) is 0.166. The Labute approximate surface area is 171 Å². The van der Waals surface area contributed by atoms with E-state index in [-0.39, 0.29) is 33.1 Å². The Bertz CT molecular complexity index is 904. The summed E-state index contributed by atoms with van der Waals surface area (Å²) < 4.78 is 6.74. The second-order valence-corrected chi connectivity index (χ2v) is 8.13. The van der Waals surface area contributed by atoms with Gasteiger partial charge in [0.05, 0.1) is 23.3 Å². The lowest BCUT2D eigenvalue weighted by Gasteiger charge is -2.12. The average Bonchev–Trinajstić information content (AvgIpc) is 3.20. The number of thiophene rings is 1. The van der Waals surface area contributed by atoms with Crippen LogP contribution in [0.1, 0.15) is 58.2 Å². The van der Waals surface area contributed by atoms with E-state index in [2.05, 4.69) is 15.5 Å². The van der Waals surface area contributed by atoms with Crippen LogP contribution in [0.25, 0.3) is 0 Å². The average molecular weight is 426 g/mol. The van der Waals surface area contributed by atoms with Crippen LogP contribution in [0.15, 0.2) is 5.16 Å². The first-order valence-electron chi connectivity index (χ1n) is 8.59. The van der Waals surface area contributed by atoms with Crippen molar-refractivity contribution in [1.29, 1.82) is 0 Å². The molecule has 2 aromatic rings. The number of carbonyl (C=O) groups is 3. The maximum absolute atomic E-state index is 12.4. The fourth-order valence-electron chi connectivity index (χ4n) is 2.64. The number of amides is 2. The van der Waals surface area contributed by atoms with Crippen LogP contribution in [-0.2, 0) is 16.0 Å².